The first-order valence-corrected chi connectivity index (χ1v) is 9.09. The van der Waals surface area contributed by atoms with Crippen LogP contribution in [0.25, 0.3) is 10.8 Å². The Labute approximate surface area is 153 Å². The summed E-state index contributed by atoms with van der Waals surface area (Å²) in [5.74, 6) is 2.37. The molecule has 4 nitrogen and oxygen atoms in total. The van der Waals surface area contributed by atoms with Gasteiger partial charge in [0.25, 0.3) is 5.91 Å². The molecule has 1 atom stereocenters. The Bertz CT molecular complexity index is 926. The van der Waals surface area contributed by atoms with Gasteiger partial charge < -0.3 is 14.1 Å². The molecule has 1 amide bonds. The molecule has 0 saturated heterocycles. The largest absolute Gasteiger partial charge is 0.486 e. The summed E-state index contributed by atoms with van der Waals surface area (Å²) < 4.78 is 11.5. The summed E-state index contributed by atoms with van der Waals surface area (Å²) in [6.45, 7) is 2.40. The van der Waals surface area contributed by atoms with Crippen LogP contribution in [-0.2, 0) is 6.61 Å². The standard InChI is InChI=1S/C22H23NO3/c1-15(16-7-8-16)23(2)22(24)21-12-11-20(26-21)14-25-19-10-9-17-5-3-4-6-18(17)13-19/h3-6,9-13,15-16H,7-8,14H2,1-2H3. The molecule has 3 aromatic rings. The predicted octanol–water partition coefficient (Wildman–Crippen LogP) is 4.88. The van der Waals surface area contributed by atoms with E-state index in [0.29, 0.717) is 24.0 Å². The van der Waals surface area contributed by atoms with Crippen molar-refractivity contribution in [2.45, 2.75) is 32.4 Å². The molecule has 1 aromatic heterocycles. The van der Waals surface area contributed by atoms with Gasteiger partial charge in [0, 0.05) is 13.1 Å². The highest BCUT2D eigenvalue weighted by atomic mass is 16.5. The van der Waals surface area contributed by atoms with Gasteiger partial charge in [0.15, 0.2) is 5.76 Å². The molecular weight excluding hydrogens is 326 g/mol. The molecule has 4 heteroatoms. The van der Waals surface area contributed by atoms with Gasteiger partial charge in [-0.2, -0.15) is 0 Å². The van der Waals surface area contributed by atoms with Crippen molar-refractivity contribution >= 4 is 16.7 Å². The van der Waals surface area contributed by atoms with Crippen LogP contribution in [0.15, 0.2) is 59.0 Å². The molecule has 1 saturated carbocycles. The van der Waals surface area contributed by atoms with Crippen molar-refractivity contribution in [1.29, 1.82) is 0 Å². The van der Waals surface area contributed by atoms with E-state index >= 15 is 0 Å². The minimum atomic E-state index is -0.0682. The number of rotatable bonds is 6. The third kappa shape index (κ3) is 3.45. The zero-order chi connectivity index (χ0) is 18.1. The smallest absolute Gasteiger partial charge is 0.289 e. The Morgan fingerprint density at radius 3 is 2.69 bits per heavy atom. The van der Waals surface area contributed by atoms with Crippen LogP contribution in [0.5, 0.6) is 5.75 Å². The number of amides is 1. The number of benzene rings is 2. The number of furan rings is 1. The third-order valence-corrected chi connectivity index (χ3v) is 5.21. The Morgan fingerprint density at radius 2 is 1.92 bits per heavy atom. The number of hydrogen-bond acceptors (Lipinski definition) is 3. The van der Waals surface area contributed by atoms with Crippen molar-refractivity contribution in [2.24, 2.45) is 5.92 Å². The first-order chi connectivity index (χ1) is 12.6. The maximum absolute atomic E-state index is 12.5. The fourth-order valence-electron chi connectivity index (χ4n) is 3.24. The summed E-state index contributed by atoms with van der Waals surface area (Å²) >= 11 is 0. The normalized spacial score (nSPS) is 15.0. The summed E-state index contributed by atoms with van der Waals surface area (Å²) in [4.78, 5) is 14.3. The fraction of sp³-hybridized carbons (Fsp3) is 0.318. The van der Waals surface area contributed by atoms with Crippen LogP contribution in [-0.4, -0.2) is 23.9 Å². The second kappa shape index (κ2) is 6.87. The van der Waals surface area contributed by atoms with Crippen LogP contribution in [0.3, 0.4) is 0 Å². The van der Waals surface area contributed by atoms with Gasteiger partial charge in [-0.3, -0.25) is 4.79 Å². The Hall–Kier alpha value is -2.75. The van der Waals surface area contributed by atoms with Gasteiger partial charge in [-0.25, -0.2) is 0 Å². The molecule has 1 fully saturated rings. The van der Waals surface area contributed by atoms with E-state index in [1.807, 2.05) is 43.4 Å². The highest BCUT2D eigenvalue weighted by molar-refractivity contribution is 5.91. The van der Waals surface area contributed by atoms with Crippen molar-refractivity contribution in [3.63, 3.8) is 0 Å². The zero-order valence-corrected chi connectivity index (χ0v) is 15.1. The summed E-state index contributed by atoms with van der Waals surface area (Å²) in [5.41, 5.74) is 0. The van der Waals surface area contributed by atoms with Crippen molar-refractivity contribution in [3.05, 3.63) is 66.1 Å². The molecule has 4 rings (SSSR count). The highest BCUT2D eigenvalue weighted by Gasteiger charge is 2.33. The van der Waals surface area contributed by atoms with E-state index in [9.17, 15) is 4.79 Å². The van der Waals surface area contributed by atoms with Crippen LogP contribution in [0.4, 0.5) is 0 Å². The molecule has 1 aliphatic carbocycles. The average molecular weight is 349 g/mol. The summed E-state index contributed by atoms with van der Waals surface area (Å²) in [6, 6.07) is 18.0. The lowest BCUT2D eigenvalue weighted by Gasteiger charge is -2.23. The number of ether oxygens (including phenoxy) is 1. The molecule has 0 radical (unpaired) electrons. The maximum atomic E-state index is 12.5. The average Bonchev–Trinajstić information content (AvgIpc) is 3.42. The Morgan fingerprint density at radius 1 is 1.15 bits per heavy atom. The van der Waals surface area contributed by atoms with E-state index in [0.717, 1.165) is 11.1 Å². The van der Waals surface area contributed by atoms with Gasteiger partial charge in [-0.1, -0.05) is 30.3 Å². The van der Waals surface area contributed by atoms with Crippen molar-refractivity contribution in [2.75, 3.05) is 7.05 Å². The Kier molecular flexibility index (Phi) is 4.41. The summed E-state index contributed by atoms with van der Waals surface area (Å²) in [7, 11) is 1.85. The fourth-order valence-corrected chi connectivity index (χ4v) is 3.24. The number of fused-ring (bicyclic) bond motifs is 1. The zero-order valence-electron chi connectivity index (χ0n) is 15.1. The van der Waals surface area contributed by atoms with Gasteiger partial charge in [0.1, 0.15) is 18.1 Å². The second-order valence-electron chi connectivity index (χ2n) is 7.06. The molecule has 26 heavy (non-hydrogen) atoms. The highest BCUT2D eigenvalue weighted by Crippen LogP contribution is 2.35. The first kappa shape index (κ1) is 16.7. The van der Waals surface area contributed by atoms with E-state index in [4.69, 9.17) is 9.15 Å². The Balaban J connectivity index is 1.40. The molecule has 0 aliphatic heterocycles. The summed E-state index contributed by atoms with van der Waals surface area (Å²) in [6.07, 6.45) is 2.42. The molecule has 1 unspecified atom stereocenters. The van der Waals surface area contributed by atoms with E-state index in [1.165, 1.54) is 18.2 Å². The lowest BCUT2D eigenvalue weighted by atomic mass is 10.1. The maximum Gasteiger partial charge on any atom is 0.289 e. The van der Waals surface area contributed by atoms with Gasteiger partial charge in [-0.05, 0) is 60.7 Å². The lowest BCUT2D eigenvalue weighted by Crippen LogP contribution is -2.36. The molecule has 2 aromatic carbocycles. The van der Waals surface area contributed by atoms with Crippen molar-refractivity contribution in [3.8, 4) is 5.75 Å². The topological polar surface area (TPSA) is 42.7 Å². The molecule has 0 N–H and O–H groups in total. The number of carbonyl (C=O) groups is 1. The first-order valence-electron chi connectivity index (χ1n) is 9.09. The number of hydrogen-bond donors (Lipinski definition) is 0. The van der Waals surface area contributed by atoms with E-state index < -0.39 is 0 Å². The minimum Gasteiger partial charge on any atom is -0.486 e. The molecule has 134 valence electrons. The van der Waals surface area contributed by atoms with Gasteiger partial charge in [0.2, 0.25) is 0 Å². The molecule has 1 aliphatic rings. The number of nitrogens with zero attached hydrogens (tertiary/aromatic N) is 1. The van der Waals surface area contributed by atoms with E-state index in [-0.39, 0.29) is 11.9 Å². The third-order valence-electron chi connectivity index (χ3n) is 5.21. The van der Waals surface area contributed by atoms with Crippen LogP contribution in [0.1, 0.15) is 36.1 Å². The number of carbonyl (C=O) groups excluding carboxylic acids is 1. The minimum absolute atomic E-state index is 0.0682. The lowest BCUT2D eigenvalue weighted by molar-refractivity contribution is 0.0691. The molecule has 0 bridgehead atoms. The van der Waals surface area contributed by atoms with Gasteiger partial charge in [0.05, 0.1) is 0 Å². The predicted molar refractivity (Wildman–Crippen MR) is 101 cm³/mol. The molecule has 1 heterocycles. The van der Waals surface area contributed by atoms with Crippen LogP contribution in [0, 0.1) is 5.92 Å². The van der Waals surface area contributed by atoms with E-state index in [2.05, 4.69) is 19.1 Å². The molecular formula is C22H23NO3. The van der Waals surface area contributed by atoms with Gasteiger partial charge >= 0.3 is 0 Å². The quantitative estimate of drug-likeness (QED) is 0.637. The van der Waals surface area contributed by atoms with Crippen molar-refractivity contribution < 1.29 is 13.9 Å². The van der Waals surface area contributed by atoms with E-state index in [1.54, 1.807) is 11.0 Å². The molecule has 0 spiro atoms. The van der Waals surface area contributed by atoms with Crippen LogP contribution < -0.4 is 4.74 Å². The van der Waals surface area contributed by atoms with Crippen LogP contribution >= 0.6 is 0 Å². The second-order valence-corrected chi connectivity index (χ2v) is 7.06. The van der Waals surface area contributed by atoms with Crippen molar-refractivity contribution in [1.82, 2.24) is 4.90 Å². The van der Waals surface area contributed by atoms with Crippen LogP contribution in [0.2, 0.25) is 0 Å². The summed E-state index contributed by atoms with van der Waals surface area (Å²) in [5, 5.41) is 2.31. The SMILES string of the molecule is CC(C1CC1)N(C)C(=O)c1ccc(COc2ccc3ccccc3c2)o1. The monoisotopic (exact) mass is 349 g/mol. The van der Waals surface area contributed by atoms with Gasteiger partial charge in [-0.15, -0.1) is 0 Å².